The molecule has 0 heterocycles. The number of hydrogen-bond acceptors (Lipinski definition) is 5. The Morgan fingerprint density at radius 3 is 2.76 bits per heavy atom. The first-order chi connectivity index (χ1) is 10.1. The van der Waals surface area contributed by atoms with E-state index in [0.29, 0.717) is 19.8 Å². The summed E-state index contributed by atoms with van der Waals surface area (Å²) in [5, 5.41) is 21.5. The maximum absolute atomic E-state index is 9.84. The van der Waals surface area contributed by atoms with Gasteiger partial charge in [-0.2, -0.15) is 0 Å². The van der Waals surface area contributed by atoms with E-state index in [0.717, 1.165) is 24.3 Å². The third kappa shape index (κ3) is 8.02. The van der Waals surface area contributed by atoms with Gasteiger partial charge < -0.3 is 25.0 Å². The van der Waals surface area contributed by atoms with Crippen molar-refractivity contribution in [3.8, 4) is 5.75 Å². The van der Waals surface area contributed by atoms with E-state index in [4.69, 9.17) is 14.6 Å². The lowest BCUT2D eigenvalue weighted by Gasteiger charge is -2.15. The molecule has 3 N–H and O–H groups in total. The number of benzene rings is 1. The van der Waals surface area contributed by atoms with Crippen LogP contribution >= 0.6 is 0 Å². The molecule has 0 amide bonds. The molecular formula is C16H27NO4. The van der Waals surface area contributed by atoms with Crippen molar-refractivity contribution in [2.24, 2.45) is 0 Å². The van der Waals surface area contributed by atoms with Gasteiger partial charge in [-0.1, -0.05) is 17.7 Å². The summed E-state index contributed by atoms with van der Waals surface area (Å²) in [6.45, 7) is 6.63. The lowest BCUT2D eigenvalue weighted by Crippen LogP contribution is -2.32. The Morgan fingerprint density at radius 2 is 2.05 bits per heavy atom. The predicted molar refractivity (Wildman–Crippen MR) is 82.8 cm³/mol. The van der Waals surface area contributed by atoms with Crippen molar-refractivity contribution < 1.29 is 19.7 Å². The maximum Gasteiger partial charge on any atom is 0.122 e. The van der Waals surface area contributed by atoms with Gasteiger partial charge in [-0.3, -0.25) is 0 Å². The van der Waals surface area contributed by atoms with Gasteiger partial charge in [-0.25, -0.2) is 0 Å². The van der Waals surface area contributed by atoms with Gasteiger partial charge in [0, 0.05) is 13.2 Å². The zero-order valence-electron chi connectivity index (χ0n) is 13.0. The third-order valence-electron chi connectivity index (χ3n) is 3.02. The van der Waals surface area contributed by atoms with Crippen LogP contribution < -0.4 is 10.1 Å². The summed E-state index contributed by atoms with van der Waals surface area (Å²) >= 11 is 0. The molecule has 0 saturated carbocycles. The minimum atomic E-state index is -0.538. The summed E-state index contributed by atoms with van der Waals surface area (Å²) in [6, 6.07) is 6.00. The molecule has 0 saturated heterocycles. The van der Waals surface area contributed by atoms with Gasteiger partial charge in [-0.15, -0.1) is 0 Å². The van der Waals surface area contributed by atoms with Crippen LogP contribution in [0.1, 0.15) is 17.5 Å². The second-order valence-corrected chi connectivity index (χ2v) is 5.13. The van der Waals surface area contributed by atoms with Crippen LogP contribution in [0.25, 0.3) is 0 Å². The molecule has 1 aromatic carbocycles. The fourth-order valence-electron chi connectivity index (χ4n) is 1.94. The van der Waals surface area contributed by atoms with Gasteiger partial charge in [0.05, 0.1) is 13.2 Å². The molecule has 0 aliphatic heterocycles. The molecule has 21 heavy (non-hydrogen) atoms. The van der Waals surface area contributed by atoms with Gasteiger partial charge in [0.15, 0.2) is 0 Å². The van der Waals surface area contributed by atoms with Crippen LogP contribution in [0.3, 0.4) is 0 Å². The topological polar surface area (TPSA) is 71.0 Å². The van der Waals surface area contributed by atoms with Crippen LogP contribution in [0.15, 0.2) is 18.2 Å². The largest absolute Gasteiger partial charge is 0.491 e. The molecular weight excluding hydrogens is 270 g/mol. The Labute approximate surface area is 126 Å². The fraction of sp³-hybridized carbons (Fsp3) is 0.625. The second-order valence-electron chi connectivity index (χ2n) is 5.13. The van der Waals surface area contributed by atoms with Crippen LogP contribution in [0.2, 0.25) is 0 Å². The first-order valence-corrected chi connectivity index (χ1v) is 7.41. The zero-order valence-corrected chi connectivity index (χ0v) is 13.0. The minimum absolute atomic E-state index is 0.0574. The number of nitrogens with one attached hydrogen (secondary N) is 1. The van der Waals surface area contributed by atoms with Crippen LogP contribution in [0.4, 0.5) is 0 Å². The molecule has 5 heteroatoms. The number of aryl methyl sites for hydroxylation is 2. The second kappa shape index (κ2) is 10.6. The van der Waals surface area contributed by atoms with Crippen LogP contribution in [0.5, 0.6) is 5.75 Å². The smallest absolute Gasteiger partial charge is 0.122 e. The summed E-state index contributed by atoms with van der Waals surface area (Å²) in [6.07, 6.45) is 0.314. The van der Waals surface area contributed by atoms with E-state index in [9.17, 15) is 5.11 Å². The zero-order chi connectivity index (χ0) is 15.5. The summed E-state index contributed by atoms with van der Waals surface area (Å²) in [5.41, 5.74) is 2.28. The van der Waals surface area contributed by atoms with Crippen molar-refractivity contribution in [3.63, 3.8) is 0 Å². The third-order valence-corrected chi connectivity index (χ3v) is 3.02. The monoisotopic (exact) mass is 297 g/mol. The quantitative estimate of drug-likeness (QED) is 0.532. The first-order valence-electron chi connectivity index (χ1n) is 7.41. The minimum Gasteiger partial charge on any atom is -0.491 e. The maximum atomic E-state index is 9.84. The summed E-state index contributed by atoms with van der Waals surface area (Å²) < 4.78 is 10.8. The Hall–Kier alpha value is -1.14. The molecule has 0 spiro atoms. The van der Waals surface area contributed by atoms with E-state index < -0.39 is 6.10 Å². The molecule has 1 rings (SSSR count). The lowest BCUT2D eigenvalue weighted by atomic mass is 10.1. The van der Waals surface area contributed by atoms with Gasteiger partial charge in [-0.05, 0) is 38.4 Å². The van der Waals surface area contributed by atoms with Crippen molar-refractivity contribution in [1.29, 1.82) is 0 Å². The molecule has 0 radical (unpaired) electrons. The van der Waals surface area contributed by atoms with E-state index in [1.54, 1.807) is 0 Å². The van der Waals surface area contributed by atoms with Crippen molar-refractivity contribution >= 4 is 0 Å². The lowest BCUT2D eigenvalue weighted by molar-refractivity contribution is 0.0874. The average Bonchev–Trinajstić information content (AvgIpc) is 2.45. The Bertz CT molecular complexity index is 398. The van der Waals surface area contributed by atoms with Gasteiger partial charge in [0.25, 0.3) is 0 Å². The Kier molecular flexibility index (Phi) is 9.01. The summed E-state index contributed by atoms with van der Waals surface area (Å²) in [5.74, 6) is 0.817. The molecule has 5 nitrogen and oxygen atoms in total. The van der Waals surface area contributed by atoms with E-state index >= 15 is 0 Å². The standard InChI is InChI=1S/C16H27NO4/c1-13-4-5-16(14(2)10-13)21-12-15(19)11-17-6-3-8-20-9-7-18/h4-5,10,15,17-19H,3,6-9,11-12H2,1-2H3. The van der Waals surface area contributed by atoms with Crippen LogP contribution in [0, 0.1) is 13.8 Å². The summed E-state index contributed by atoms with van der Waals surface area (Å²) in [7, 11) is 0. The Morgan fingerprint density at radius 1 is 1.24 bits per heavy atom. The van der Waals surface area contributed by atoms with Crippen molar-refractivity contribution in [2.45, 2.75) is 26.4 Å². The summed E-state index contributed by atoms with van der Waals surface area (Å²) in [4.78, 5) is 0. The molecule has 0 aliphatic carbocycles. The van der Waals surface area contributed by atoms with Crippen LogP contribution in [-0.4, -0.2) is 55.8 Å². The van der Waals surface area contributed by atoms with Gasteiger partial charge in [0.1, 0.15) is 18.5 Å². The molecule has 1 aromatic rings. The number of ether oxygens (including phenoxy) is 2. The molecule has 0 bridgehead atoms. The molecule has 0 fully saturated rings. The Balaban J connectivity index is 2.09. The highest BCUT2D eigenvalue weighted by Crippen LogP contribution is 2.18. The average molecular weight is 297 g/mol. The number of hydrogen-bond donors (Lipinski definition) is 3. The molecule has 0 aliphatic rings. The predicted octanol–water partition coefficient (Wildman–Crippen LogP) is 1.03. The fourth-order valence-corrected chi connectivity index (χ4v) is 1.94. The van der Waals surface area contributed by atoms with E-state index in [2.05, 4.69) is 11.4 Å². The van der Waals surface area contributed by atoms with Gasteiger partial charge >= 0.3 is 0 Å². The molecule has 1 atom stereocenters. The highest BCUT2D eigenvalue weighted by atomic mass is 16.5. The van der Waals surface area contributed by atoms with Crippen molar-refractivity contribution in [2.75, 3.05) is 39.5 Å². The number of aliphatic hydroxyl groups is 2. The first kappa shape index (κ1) is 17.9. The van der Waals surface area contributed by atoms with E-state index in [-0.39, 0.29) is 13.2 Å². The van der Waals surface area contributed by atoms with E-state index in [1.165, 1.54) is 5.56 Å². The highest BCUT2D eigenvalue weighted by Gasteiger charge is 2.06. The molecule has 1 unspecified atom stereocenters. The van der Waals surface area contributed by atoms with Crippen LogP contribution in [-0.2, 0) is 4.74 Å². The normalized spacial score (nSPS) is 12.4. The van der Waals surface area contributed by atoms with E-state index in [1.807, 2.05) is 26.0 Å². The molecule has 0 aromatic heterocycles. The van der Waals surface area contributed by atoms with Gasteiger partial charge in [0.2, 0.25) is 0 Å². The van der Waals surface area contributed by atoms with Crippen molar-refractivity contribution in [1.82, 2.24) is 5.32 Å². The molecule has 120 valence electrons. The highest BCUT2D eigenvalue weighted by molar-refractivity contribution is 5.35. The van der Waals surface area contributed by atoms with Crippen molar-refractivity contribution in [3.05, 3.63) is 29.3 Å². The number of aliphatic hydroxyl groups excluding tert-OH is 2. The SMILES string of the molecule is Cc1ccc(OCC(O)CNCCCOCCO)c(C)c1. The number of rotatable bonds is 11.